The number of alkyl halides is 3. The molecule has 0 bridgehead atoms. The lowest BCUT2D eigenvalue weighted by Crippen LogP contribution is -2.48. The van der Waals surface area contributed by atoms with Gasteiger partial charge in [-0.3, -0.25) is 4.98 Å². The van der Waals surface area contributed by atoms with E-state index in [1.54, 1.807) is 6.07 Å². The summed E-state index contributed by atoms with van der Waals surface area (Å²) in [7, 11) is 0. The van der Waals surface area contributed by atoms with Crippen LogP contribution in [0.15, 0.2) is 22.9 Å². The quantitative estimate of drug-likeness (QED) is 0.920. The summed E-state index contributed by atoms with van der Waals surface area (Å²) in [6.45, 7) is 0.740. The summed E-state index contributed by atoms with van der Waals surface area (Å²) in [6, 6.07) is 3.07. The summed E-state index contributed by atoms with van der Waals surface area (Å²) in [5.74, 6) is -0.904. The third kappa shape index (κ3) is 2.41. The number of pyridine rings is 1. The third-order valence-electron chi connectivity index (χ3n) is 2.43. The molecular weight excluding hydrogens is 285 g/mol. The molecule has 2 heterocycles. The number of halogens is 4. The summed E-state index contributed by atoms with van der Waals surface area (Å²) >= 11 is 5.83. The Morgan fingerprint density at radius 3 is 2.63 bits per heavy atom. The van der Waals surface area contributed by atoms with Crippen LogP contribution in [-0.4, -0.2) is 21.3 Å². The van der Waals surface area contributed by atoms with Gasteiger partial charge in [-0.25, -0.2) is 0 Å². The molecule has 2 rings (SSSR count). The molecule has 1 unspecified atom stereocenters. The molecule has 0 amide bonds. The van der Waals surface area contributed by atoms with Crippen molar-refractivity contribution < 1.29 is 17.7 Å². The van der Waals surface area contributed by atoms with Crippen molar-refractivity contribution in [3.63, 3.8) is 0 Å². The first-order valence-corrected chi connectivity index (χ1v) is 5.42. The fraction of sp³-hybridized carbons (Fsp3) is 0.300. The second kappa shape index (κ2) is 4.46. The monoisotopic (exact) mass is 292 g/mol. The average molecular weight is 293 g/mol. The molecule has 0 spiro atoms. The molecule has 0 saturated carbocycles. The topological polar surface area (TPSA) is 77.8 Å². The van der Waals surface area contributed by atoms with Gasteiger partial charge < -0.3 is 10.3 Å². The fourth-order valence-electron chi connectivity index (χ4n) is 1.20. The number of rotatable bonds is 2. The SMILES string of the molecule is CC(N)(c1nc(-c2ncccc2Cl)no1)C(F)(F)F. The first kappa shape index (κ1) is 13.8. The largest absolute Gasteiger partial charge is 0.415 e. The van der Waals surface area contributed by atoms with E-state index < -0.39 is 17.6 Å². The van der Waals surface area contributed by atoms with Crippen molar-refractivity contribution in [2.45, 2.75) is 18.6 Å². The zero-order chi connectivity index (χ0) is 14.3. The first-order chi connectivity index (χ1) is 8.73. The summed E-state index contributed by atoms with van der Waals surface area (Å²) in [6.07, 6.45) is -3.31. The molecule has 5 nitrogen and oxygen atoms in total. The molecule has 102 valence electrons. The number of nitrogens with two attached hydrogens (primary N) is 1. The van der Waals surface area contributed by atoms with Gasteiger partial charge in [0.25, 0.3) is 5.89 Å². The lowest BCUT2D eigenvalue weighted by molar-refractivity contribution is -0.190. The van der Waals surface area contributed by atoms with Gasteiger partial charge in [0.05, 0.1) is 5.02 Å². The van der Waals surface area contributed by atoms with Crippen LogP contribution >= 0.6 is 11.6 Å². The van der Waals surface area contributed by atoms with E-state index in [-0.39, 0.29) is 16.5 Å². The van der Waals surface area contributed by atoms with Gasteiger partial charge in [-0.1, -0.05) is 16.8 Å². The van der Waals surface area contributed by atoms with Crippen LogP contribution in [0.2, 0.25) is 5.02 Å². The maximum Gasteiger partial charge on any atom is 0.415 e. The predicted molar refractivity (Wildman–Crippen MR) is 60.1 cm³/mol. The number of aromatic nitrogens is 3. The van der Waals surface area contributed by atoms with E-state index in [9.17, 15) is 13.2 Å². The predicted octanol–water partition coefficient (Wildman–Crippen LogP) is 2.52. The molecule has 0 aromatic carbocycles. The molecular formula is C10H8ClF3N4O. The lowest BCUT2D eigenvalue weighted by Gasteiger charge is -2.22. The Hall–Kier alpha value is -1.67. The van der Waals surface area contributed by atoms with Gasteiger partial charge in [-0.2, -0.15) is 18.2 Å². The summed E-state index contributed by atoms with van der Waals surface area (Å²) < 4.78 is 42.7. The van der Waals surface area contributed by atoms with E-state index in [4.69, 9.17) is 17.3 Å². The van der Waals surface area contributed by atoms with Crippen molar-refractivity contribution in [3.05, 3.63) is 29.2 Å². The Balaban J connectivity index is 2.43. The van der Waals surface area contributed by atoms with Gasteiger partial charge in [0.2, 0.25) is 5.82 Å². The van der Waals surface area contributed by atoms with E-state index in [0.717, 1.165) is 6.92 Å². The molecule has 2 aromatic heterocycles. The number of hydrogen-bond donors (Lipinski definition) is 1. The smallest absolute Gasteiger partial charge is 0.336 e. The minimum Gasteiger partial charge on any atom is -0.336 e. The third-order valence-corrected chi connectivity index (χ3v) is 2.73. The zero-order valence-electron chi connectivity index (χ0n) is 9.57. The minimum atomic E-state index is -4.72. The molecule has 1 atom stereocenters. The lowest BCUT2D eigenvalue weighted by atomic mass is 10.0. The summed E-state index contributed by atoms with van der Waals surface area (Å²) in [5, 5.41) is 3.61. The fourth-order valence-corrected chi connectivity index (χ4v) is 1.41. The number of hydrogen-bond acceptors (Lipinski definition) is 5. The van der Waals surface area contributed by atoms with E-state index in [2.05, 4.69) is 19.6 Å². The van der Waals surface area contributed by atoms with Crippen molar-refractivity contribution in [3.8, 4) is 11.5 Å². The molecule has 0 aliphatic carbocycles. The molecule has 0 radical (unpaired) electrons. The number of nitrogens with zero attached hydrogens (tertiary/aromatic N) is 3. The van der Waals surface area contributed by atoms with Gasteiger partial charge >= 0.3 is 6.18 Å². The Labute approximate surface area is 110 Å². The Morgan fingerprint density at radius 1 is 1.37 bits per heavy atom. The average Bonchev–Trinajstić information content (AvgIpc) is 2.77. The van der Waals surface area contributed by atoms with E-state index in [0.29, 0.717) is 0 Å². The Bertz CT molecular complexity index is 596. The second-order valence-corrected chi connectivity index (χ2v) is 4.36. The molecule has 2 N–H and O–H groups in total. The van der Waals surface area contributed by atoms with Crippen LogP contribution in [0.5, 0.6) is 0 Å². The van der Waals surface area contributed by atoms with Gasteiger partial charge in [0, 0.05) is 6.20 Å². The van der Waals surface area contributed by atoms with Crippen LogP contribution in [0.4, 0.5) is 13.2 Å². The highest BCUT2D eigenvalue weighted by Crippen LogP contribution is 2.36. The second-order valence-electron chi connectivity index (χ2n) is 3.96. The van der Waals surface area contributed by atoms with Gasteiger partial charge in [0.15, 0.2) is 5.54 Å². The van der Waals surface area contributed by atoms with Gasteiger partial charge in [-0.05, 0) is 19.1 Å². The van der Waals surface area contributed by atoms with E-state index in [1.807, 2.05) is 0 Å². The zero-order valence-corrected chi connectivity index (χ0v) is 10.3. The normalized spacial score (nSPS) is 15.3. The van der Waals surface area contributed by atoms with Crippen LogP contribution in [0, 0.1) is 0 Å². The standard InChI is InChI=1S/C10H8ClF3N4O/c1-9(15,10(12,13)14)8-17-7(18-19-8)6-5(11)3-2-4-16-6/h2-4H,15H2,1H3. The van der Waals surface area contributed by atoms with Crippen molar-refractivity contribution >= 4 is 11.6 Å². The minimum absolute atomic E-state index is 0.122. The van der Waals surface area contributed by atoms with Gasteiger partial charge in [0.1, 0.15) is 5.69 Å². The van der Waals surface area contributed by atoms with E-state index >= 15 is 0 Å². The van der Waals surface area contributed by atoms with Crippen LogP contribution < -0.4 is 5.73 Å². The van der Waals surface area contributed by atoms with Crippen LogP contribution in [0.3, 0.4) is 0 Å². The molecule has 0 aliphatic heterocycles. The van der Waals surface area contributed by atoms with E-state index in [1.165, 1.54) is 12.3 Å². The molecule has 9 heteroatoms. The van der Waals surface area contributed by atoms with Crippen molar-refractivity contribution in [1.29, 1.82) is 0 Å². The van der Waals surface area contributed by atoms with Crippen molar-refractivity contribution in [2.75, 3.05) is 0 Å². The molecule has 0 aliphatic rings. The Kier molecular flexibility index (Phi) is 3.23. The van der Waals surface area contributed by atoms with Crippen molar-refractivity contribution in [1.82, 2.24) is 15.1 Å². The maximum atomic E-state index is 12.7. The van der Waals surface area contributed by atoms with Gasteiger partial charge in [-0.15, -0.1) is 0 Å². The highest BCUT2D eigenvalue weighted by Gasteiger charge is 2.53. The van der Waals surface area contributed by atoms with Crippen LogP contribution in [0.1, 0.15) is 12.8 Å². The molecule has 0 fully saturated rings. The maximum absolute atomic E-state index is 12.7. The highest BCUT2D eigenvalue weighted by molar-refractivity contribution is 6.32. The molecule has 0 saturated heterocycles. The van der Waals surface area contributed by atoms with Crippen LogP contribution in [-0.2, 0) is 5.54 Å². The highest BCUT2D eigenvalue weighted by atomic mass is 35.5. The Morgan fingerprint density at radius 2 is 2.05 bits per heavy atom. The van der Waals surface area contributed by atoms with Crippen molar-refractivity contribution in [2.24, 2.45) is 5.73 Å². The summed E-state index contributed by atoms with van der Waals surface area (Å²) in [4.78, 5) is 7.48. The molecule has 2 aromatic rings. The summed E-state index contributed by atoms with van der Waals surface area (Å²) in [5.41, 5.74) is 2.56. The van der Waals surface area contributed by atoms with Crippen LogP contribution in [0.25, 0.3) is 11.5 Å². The molecule has 19 heavy (non-hydrogen) atoms. The first-order valence-electron chi connectivity index (χ1n) is 5.04.